The highest BCUT2D eigenvalue weighted by Gasteiger charge is 2.33. The lowest BCUT2D eigenvalue weighted by Gasteiger charge is -2.35. The summed E-state index contributed by atoms with van der Waals surface area (Å²) >= 11 is 0. The van der Waals surface area contributed by atoms with E-state index >= 15 is 0 Å². The maximum absolute atomic E-state index is 13.2. The molecule has 2 aromatic heterocycles. The van der Waals surface area contributed by atoms with Gasteiger partial charge in [0.15, 0.2) is 5.82 Å². The van der Waals surface area contributed by atoms with Crippen LogP contribution in [0.25, 0.3) is 10.9 Å². The van der Waals surface area contributed by atoms with E-state index in [-0.39, 0.29) is 23.1 Å². The molecule has 0 fully saturated rings. The molecule has 4 aromatic rings. The van der Waals surface area contributed by atoms with Gasteiger partial charge in [0.05, 0.1) is 17.1 Å². The van der Waals surface area contributed by atoms with Gasteiger partial charge in [-0.05, 0) is 73.0 Å². The van der Waals surface area contributed by atoms with Gasteiger partial charge in [-0.3, -0.25) is 9.69 Å². The van der Waals surface area contributed by atoms with Gasteiger partial charge in [-0.1, -0.05) is 68.8 Å². The molecule has 0 bridgehead atoms. The van der Waals surface area contributed by atoms with Crippen molar-refractivity contribution < 1.29 is 0 Å². The Morgan fingerprint density at radius 2 is 1.78 bits per heavy atom. The molecule has 0 spiro atoms. The Morgan fingerprint density at radius 3 is 2.44 bits per heavy atom. The monoisotopic (exact) mass is 486 g/mol. The molecule has 0 aliphatic rings. The number of aromatic amines is 1. The number of hydrogen-bond donors (Lipinski definition) is 1. The minimum Gasteiger partial charge on any atom is -0.321 e. The first-order chi connectivity index (χ1) is 17.1. The van der Waals surface area contributed by atoms with Gasteiger partial charge in [0, 0.05) is 18.7 Å². The van der Waals surface area contributed by atoms with Crippen LogP contribution in [0.2, 0.25) is 0 Å². The van der Waals surface area contributed by atoms with Crippen molar-refractivity contribution in [3.63, 3.8) is 0 Å². The van der Waals surface area contributed by atoms with Crippen LogP contribution in [0.4, 0.5) is 0 Å². The van der Waals surface area contributed by atoms with Crippen molar-refractivity contribution in [3.8, 4) is 0 Å². The van der Waals surface area contributed by atoms with Crippen molar-refractivity contribution >= 4 is 10.9 Å². The summed E-state index contributed by atoms with van der Waals surface area (Å²) in [5.41, 5.74) is 4.83. The number of aromatic nitrogens is 5. The van der Waals surface area contributed by atoms with Gasteiger partial charge in [0.25, 0.3) is 5.56 Å². The summed E-state index contributed by atoms with van der Waals surface area (Å²) in [6.45, 7) is 16.1. The third kappa shape index (κ3) is 5.26. The van der Waals surface area contributed by atoms with Crippen LogP contribution in [-0.4, -0.2) is 30.1 Å². The lowest BCUT2D eigenvalue weighted by Crippen LogP contribution is -2.38. The molecule has 1 N–H and O–H groups in total. The van der Waals surface area contributed by atoms with Crippen molar-refractivity contribution in [1.29, 1.82) is 0 Å². The fourth-order valence-electron chi connectivity index (χ4n) is 4.79. The van der Waals surface area contributed by atoms with Crippen LogP contribution in [0.15, 0.2) is 53.3 Å². The number of tetrazole rings is 1. The summed E-state index contributed by atoms with van der Waals surface area (Å²) in [5, 5.41) is 14.1. The number of fused-ring (bicyclic) bond motifs is 1. The normalized spacial score (nSPS) is 13.1. The quantitative estimate of drug-likeness (QED) is 0.329. The first-order valence-corrected chi connectivity index (χ1v) is 12.8. The standard InChI is InChI=1S/C29H38N6O/c1-8-29(6,7)35-27(31-32-33-35)26(19(2)3)34(17-22-14-12-20(4)13-15-22)18-24-16-23-11-9-10-21(5)25(23)30-28(24)36/h9-16,19,26H,8,17-18H2,1-7H3,(H,30,36)/t26-/m0/s1. The van der Waals surface area contributed by atoms with Crippen molar-refractivity contribution in [2.24, 2.45) is 5.92 Å². The summed E-state index contributed by atoms with van der Waals surface area (Å²) in [4.78, 5) is 18.7. The third-order valence-electron chi connectivity index (χ3n) is 7.27. The van der Waals surface area contributed by atoms with E-state index in [0.717, 1.165) is 34.3 Å². The molecule has 0 radical (unpaired) electrons. The first kappa shape index (κ1) is 25.8. The molecule has 0 aliphatic carbocycles. The van der Waals surface area contributed by atoms with E-state index in [1.165, 1.54) is 11.1 Å². The molecular weight excluding hydrogens is 448 g/mol. The molecule has 7 heteroatoms. The maximum Gasteiger partial charge on any atom is 0.252 e. The largest absolute Gasteiger partial charge is 0.321 e. The Kier molecular flexibility index (Phi) is 7.41. The van der Waals surface area contributed by atoms with E-state index in [1.807, 2.05) is 29.8 Å². The Morgan fingerprint density at radius 1 is 1.06 bits per heavy atom. The zero-order valence-corrected chi connectivity index (χ0v) is 22.5. The Balaban J connectivity index is 1.82. The zero-order valence-electron chi connectivity index (χ0n) is 22.5. The van der Waals surface area contributed by atoms with Gasteiger partial charge >= 0.3 is 0 Å². The van der Waals surface area contributed by atoms with Crippen molar-refractivity contribution in [3.05, 3.63) is 87.0 Å². The molecule has 1 atom stereocenters. The van der Waals surface area contributed by atoms with Gasteiger partial charge in [-0.25, -0.2) is 4.68 Å². The predicted octanol–water partition coefficient (Wildman–Crippen LogP) is 5.68. The molecule has 0 unspecified atom stereocenters. The van der Waals surface area contributed by atoms with Gasteiger partial charge in [-0.2, -0.15) is 0 Å². The SMILES string of the molecule is CCC(C)(C)n1nnnc1[C@H](C(C)C)N(Cc1ccc(C)cc1)Cc1cc2cccc(C)c2[nH]c1=O. The van der Waals surface area contributed by atoms with Crippen molar-refractivity contribution in [2.75, 3.05) is 0 Å². The van der Waals surface area contributed by atoms with Gasteiger partial charge in [0.2, 0.25) is 0 Å². The summed E-state index contributed by atoms with van der Waals surface area (Å²) in [5.74, 6) is 1.05. The molecule has 0 amide bonds. The lowest BCUT2D eigenvalue weighted by molar-refractivity contribution is 0.118. The Labute approximate surface area is 213 Å². The number of hydrogen-bond acceptors (Lipinski definition) is 5. The molecule has 190 valence electrons. The molecule has 2 heterocycles. The van der Waals surface area contributed by atoms with Crippen molar-refractivity contribution in [1.82, 2.24) is 30.1 Å². The summed E-state index contributed by atoms with van der Waals surface area (Å²) in [6, 6.07) is 16.6. The molecule has 0 aliphatic heterocycles. The number of H-pyrrole nitrogens is 1. The highest BCUT2D eigenvalue weighted by Crippen LogP contribution is 2.33. The van der Waals surface area contributed by atoms with Crippen LogP contribution in [0.3, 0.4) is 0 Å². The Hall–Kier alpha value is -3.32. The second-order valence-corrected chi connectivity index (χ2v) is 10.9. The number of pyridine rings is 1. The van der Waals surface area contributed by atoms with Crippen molar-refractivity contribution in [2.45, 2.75) is 79.6 Å². The zero-order chi connectivity index (χ0) is 26.0. The van der Waals surface area contributed by atoms with E-state index in [1.54, 1.807) is 0 Å². The van der Waals surface area contributed by atoms with E-state index in [0.29, 0.717) is 13.1 Å². The number of nitrogens with one attached hydrogen (secondary N) is 1. The second kappa shape index (κ2) is 10.3. The van der Waals surface area contributed by atoms with E-state index in [4.69, 9.17) is 0 Å². The van der Waals surface area contributed by atoms with Crippen LogP contribution in [-0.2, 0) is 18.6 Å². The van der Waals surface area contributed by atoms with Gasteiger partial charge in [-0.15, -0.1) is 5.10 Å². The number of para-hydroxylation sites is 1. The van der Waals surface area contributed by atoms with Crippen LogP contribution in [0.5, 0.6) is 0 Å². The smallest absolute Gasteiger partial charge is 0.252 e. The molecule has 2 aromatic carbocycles. The topological polar surface area (TPSA) is 79.7 Å². The maximum atomic E-state index is 13.2. The summed E-state index contributed by atoms with van der Waals surface area (Å²) in [7, 11) is 0. The van der Waals surface area contributed by atoms with E-state index in [2.05, 4.69) is 97.3 Å². The average Bonchev–Trinajstić information content (AvgIpc) is 3.32. The fraction of sp³-hybridized carbons (Fsp3) is 0.448. The highest BCUT2D eigenvalue weighted by molar-refractivity contribution is 5.81. The summed E-state index contributed by atoms with van der Waals surface area (Å²) < 4.78 is 1.97. The third-order valence-corrected chi connectivity index (χ3v) is 7.27. The lowest BCUT2D eigenvalue weighted by atomic mass is 9.96. The molecule has 0 saturated carbocycles. The number of aryl methyl sites for hydroxylation is 2. The molecule has 0 saturated heterocycles. The Bertz CT molecular complexity index is 1380. The van der Waals surface area contributed by atoms with Crippen LogP contribution < -0.4 is 5.56 Å². The second-order valence-electron chi connectivity index (χ2n) is 10.9. The molecule has 4 rings (SSSR count). The van der Waals surface area contributed by atoms with E-state index < -0.39 is 0 Å². The number of rotatable bonds is 9. The minimum atomic E-state index is -0.223. The molecule has 7 nitrogen and oxygen atoms in total. The minimum absolute atomic E-state index is 0.0540. The molecule has 36 heavy (non-hydrogen) atoms. The van der Waals surface area contributed by atoms with Gasteiger partial charge in [0.1, 0.15) is 0 Å². The first-order valence-electron chi connectivity index (χ1n) is 12.8. The number of nitrogens with zero attached hydrogens (tertiary/aromatic N) is 5. The van der Waals surface area contributed by atoms with Gasteiger partial charge < -0.3 is 4.98 Å². The fourth-order valence-corrected chi connectivity index (χ4v) is 4.79. The highest BCUT2D eigenvalue weighted by atomic mass is 16.1. The van der Waals surface area contributed by atoms with Crippen LogP contribution >= 0.6 is 0 Å². The number of benzene rings is 2. The van der Waals surface area contributed by atoms with E-state index in [9.17, 15) is 4.79 Å². The predicted molar refractivity (Wildman–Crippen MR) is 145 cm³/mol. The van der Waals surface area contributed by atoms with Crippen LogP contribution in [0.1, 0.15) is 75.2 Å². The summed E-state index contributed by atoms with van der Waals surface area (Å²) in [6.07, 6.45) is 0.900. The van der Waals surface area contributed by atoms with Crippen LogP contribution in [0, 0.1) is 19.8 Å². The molecular formula is C29H38N6O. The average molecular weight is 487 g/mol.